The van der Waals surface area contributed by atoms with E-state index in [-0.39, 0.29) is 0 Å². The highest BCUT2D eigenvalue weighted by molar-refractivity contribution is 5.39. The van der Waals surface area contributed by atoms with E-state index in [2.05, 4.69) is 20.9 Å². The largest absolute Gasteiger partial charge is 0.387 e. The van der Waals surface area contributed by atoms with Crippen LogP contribution in [-0.4, -0.2) is 48.4 Å². The Morgan fingerprint density at radius 2 is 2.39 bits per heavy atom. The van der Waals surface area contributed by atoms with E-state index in [1.165, 1.54) is 0 Å². The van der Waals surface area contributed by atoms with E-state index in [0.717, 1.165) is 38.2 Å². The molecule has 2 rings (SSSR count). The third kappa shape index (κ3) is 4.25. The van der Waals surface area contributed by atoms with E-state index >= 15 is 0 Å². The van der Waals surface area contributed by atoms with E-state index in [1.807, 2.05) is 18.3 Å². The normalized spacial score (nSPS) is 23.2. The summed E-state index contributed by atoms with van der Waals surface area (Å²) in [6, 6.07) is 3.93. The van der Waals surface area contributed by atoms with Gasteiger partial charge in [0.15, 0.2) is 0 Å². The summed E-state index contributed by atoms with van der Waals surface area (Å²) in [5.41, 5.74) is 0.507. The van der Waals surface area contributed by atoms with Gasteiger partial charge in [-0.1, -0.05) is 0 Å². The molecule has 0 saturated carbocycles. The molecule has 0 aliphatic carbocycles. The summed E-state index contributed by atoms with van der Waals surface area (Å²) in [6.07, 6.45) is 5.45. The third-order valence-corrected chi connectivity index (χ3v) is 3.20. The van der Waals surface area contributed by atoms with Gasteiger partial charge in [0, 0.05) is 32.0 Å². The first-order chi connectivity index (χ1) is 8.79. The molecule has 1 unspecified atom stereocenters. The van der Waals surface area contributed by atoms with E-state index in [0.29, 0.717) is 13.1 Å². The molecule has 5 heteroatoms. The summed E-state index contributed by atoms with van der Waals surface area (Å²) in [5, 5.41) is 19.9. The molecule has 1 aliphatic rings. The number of nitrogens with one attached hydrogen (secondary N) is 3. The molecule has 4 N–H and O–H groups in total. The van der Waals surface area contributed by atoms with Gasteiger partial charge >= 0.3 is 0 Å². The van der Waals surface area contributed by atoms with E-state index in [9.17, 15) is 5.11 Å². The molecule has 1 aliphatic heterocycles. The van der Waals surface area contributed by atoms with Crippen molar-refractivity contribution >= 4 is 5.69 Å². The molecule has 0 spiro atoms. The maximum atomic E-state index is 10.1. The van der Waals surface area contributed by atoms with Crippen molar-refractivity contribution in [1.82, 2.24) is 15.6 Å². The molecule has 0 radical (unpaired) electrons. The fourth-order valence-corrected chi connectivity index (χ4v) is 2.12. The average Bonchev–Trinajstić information content (AvgIpc) is 2.82. The fourth-order valence-electron chi connectivity index (χ4n) is 2.12. The Labute approximate surface area is 108 Å². The first-order valence-corrected chi connectivity index (χ1v) is 6.56. The number of rotatable bonds is 7. The quantitative estimate of drug-likeness (QED) is 0.520. The summed E-state index contributed by atoms with van der Waals surface area (Å²) >= 11 is 0. The van der Waals surface area contributed by atoms with Crippen molar-refractivity contribution in [3.63, 3.8) is 0 Å². The molecule has 1 aromatic heterocycles. The molecule has 1 fully saturated rings. The van der Waals surface area contributed by atoms with Crippen LogP contribution in [0.1, 0.15) is 12.8 Å². The van der Waals surface area contributed by atoms with Crippen LogP contribution in [0.4, 0.5) is 5.69 Å². The van der Waals surface area contributed by atoms with Crippen molar-refractivity contribution in [2.24, 2.45) is 0 Å². The van der Waals surface area contributed by atoms with Crippen LogP contribution < -0.4 is 16.0 Å². The first-order valence-electron chi connectivity index (χ1n) is 6.56. The Morgan fingerprint density at radius 3 is 3.11 bits per heavy atom. The minimum atomic E-state index is -0.545. The highest BCUT2D eigenvalue weighted by atomic mass is 16.3. The zero-order valence-electron chi connectivity index (χ0n) is 10.7. The van der Waals surface area contributed by atoms with Crippen molar-refractivity contribution in [1.29, 1.82) is 0 Å². The Morgan fingerprint density at radius 1 is 1.44 bits per heavy atom. The van der Waals surface area contributed by atoms with Crippen LogP contribution >= 0.6 is 0 Å². The molecular weight excluding hydrogens is 228 g/mol. The summed E-state index contributed by atoms with van der Waals surface area (Å²) in [5.74, 6) is 0. The van der Waals surface area contributed by atoms with Gasteiger partial charge in [-0.05, 0) is 38.1 Å². The Kier molecular flexibility index (Phi) is 4.92. The monoisotopic (exact) mass is 250 g/mol. The minimum absolute atomic E-state index is 0.545. The summed E-state index contributed by atoms with van der Waals surface area (Å²) in [4.78, 5) is 4.04. The van der Waals surface area contributed by atoms with Crippen molar-refractivity contribution in [3.05, 3.63) is 24.5 Å². The van der Waals surface area contributed by atoms with E-state index in [4.69, 9.17) is 0 Å². The number of aliphatic hydroxyl groups is 1. The van der Waals surface area contributed by atoms with Gasteiger partial charge in [-0.2, -0.15) is 0 Å². The minimum Gasteiger partial charge on any atom is -0.387 e. The highest BCUT2D eigenvalue weighted by Crippen LogP contribution is 2.12. The van der Waals surface area contributed by atoms with Gasteiger partial charge in [-0.3, -0.25) is 4.98 Å². The number of anilines is 1. The molecule has 1 aromatic rings. The van der Waals surface area contributed by atoms with Crippen molar-refractivity contribution < 1.29 is 5.11 Å². The van der Waals surface area contributed by atoms with Crippen LogP contribution in [0.2, 0.25) is 0 Å². The number of aromatic nitrogens is 1. The highest BCUT2D eigenvalue weighted by Gasteiger charge is 2.29. The summed E-state index contributed by atoms with van der Waals surface area (Å²) in [6.45, 7) is 4.12. The van der Waals surface area contributed by atoms with Crippen LogP contribution in [0, 0.1) is 0 Å². The second kappa shape index (κ2) is 6.68. The molecule has 2 heterocycles. The Bertz CT molecular complexity index is 338. The fraction of sp³-hybridized carbons (Fsp3) is 0.615. The lowest BCUT2D eigenvalue weighted by atomic mass is 10.0. The smallest absolute Gasteiger partial charge is 0.0907 e. The standard InChI is InChI=1S/C13H22N4O/c18-13(4-8-16-11-13)10-15-6-2-7-17-12-3-1-5-14-9-12/h1,3,5,9,15-18H,2,4,6-8,10-11H2. The predicted molar refractivity (Wildman–Crippen MR) is 72.6 cm³/mol. The first kappa shape index (κ1) is 13.3. The molecular formula is C13H22N4O. The zero-order chi connectivity index (χ0) is 12.7. The van der Waals surface area contributed by atoms with Gasteiger partial charge < -0.3 is 21.1 Å². The lowest BCUT2D eigenvalue weighted by Gasteiger charge is -2.21. The maximum absolute atomic E-state index is 10.1. The Balaban J connectivity index is 1.51. The molecule has 0 aromatic carbocycles. The average molecular weight is 250 g/mol. The maximum Gasteiger partial charge on any atom is 0.0907 e. The van der Waals surface area contributed by atoms with Crippen LogP contribution in [0.25, 0.3) is 0 Å². The summed E-state index contributed by atoms with van der Waals surface area (Å²) < 4.78 is 0. The number of nitrogens with zero attached hydrogens (tertiary/aromatic N) is 1. The molecule has 1 atom stereocenters. The van der Waals surface area contributed by atoms with Gasteiger partial charge in [0.1, 0.15) is 0 Å². The lowest BCUT2D eigenvalue weighted by Crippen LogP contribution is -2.42. The molecule has 0 bridgehead atoms. The molecule has 1 saturated heterocycles. The molecule has 0 amide bonds. The van der Waals surface area contributed by atoms with Crippen molar-refractivity contribution in [3.8, 4) is 0 Å². The molecule has 5 nitrogen and oxygen atoms in total. The van der Waals surface area contributed by atoms with E-state index in [1.54, 1.807) is 6.20 Å². The second-order valence-electron chi connectivity index (χ2n) is 4.85. The van der Waals surface area contributed by atoms with Gasteiger partial charge in [0.05, 0.1) is 11.3 Å². The Hall–Kier alpha value is -1.17. The van der Waals surface area contributed by atoms with E-state index < -0.39 is 5.60 Å². The number of pyridine rings is 1. The SMILES string of the molecule is OC1(CNCCCNc2cccnc2)CCNC1. The second-order valence-corrected chi connectivity index (χ2v) is 4.85. The topological polar surface area (TPSA) is 69.2 Å². The number of β-amino-alcohol motifs (C(OH)–C–C–N with tert-alkyl or cyclic N) is 1. The molecule has 18 heavy (non-hydrogen) atoms. The van der Waals surface area contributed by atoms with Crippen molar-refractivity contribution in [2.45, 2.75) is 18.4 Å². The predicted octanol–water partition coefficient (Wildman–Crippen LogP) is 0.198. The lowest BCUT2D eigenvalue weighted by molar-refractivity contribution is 0.0614. The van der Waals surface area contributed by atoms with Crippen molar-refractivity contribution in [2.75, 3.05) is 38.0 Å². The van der Waals surface area contributed by atoms with Crippen LogP contribution in [0.5, 0.6) is 0 Å². The van der Waals surface area contributed by atoms with Crippen LogP contribution in [-0.2, 0) is 0 Å². The third-order valence-electron chi connectivity index (χ3n) is 3.20. The molecule has 100 valence electrons. The van der Waals surface area contributed by atoms with Gasteiger partial charge in [0.2, 0.25) is 0 Å². The van der Waals surface area contributed by atoms with Gasteiger partial charge in [-0.15, -0.1) is 0 Å². The van der Waals surface area contributed by atoms with Crippen LogP contribution in [0.15, 0.2) is 24.5 Å². The number of hydrogen-bond acceptors (Lipinski definition) is 5. The van der Waals surface area contributed by atoms with Gasteiger partial charge in [0.25, 0.3) is 0 Å². The van der Waals surface area contributed by atoms with Crippen LogP contribution in [0.3, 0.4) is 0 Å². The summed E-state index contributed by atoms with van der Waals surface area (Å²) in [7, 11) is 0. The van der Waals surface area contributed by atoms with Gasteiger partial charge in [-0.25, -0.2) is 0 Å². The zero-order valence-corrected chi connectivity index (χ0v) is 10.7. The number of hydrogen-bond donors (Lipinski definition) is 4.